The highest BCUT2D eigenvalue weighted by molar-refractivity contribution is 7.97. The van der Waals surface area contributed by atoms with E-state index in [9.17, 15) is 18.0 Å². The van der Waals surface area contributed by atoms with Crippen LogP contribution in [-0.4, -0.2) is 68.0 Å². The Morgan fingerprint density at radius 3 is 2.77 bits per heavy atom. The van der Waals surface area contributed by atoms with E-state index >= 15 is 0 Å². The van der Waals surface area contributed by atoms with E-state index < -0.39 is 11.6 Å². The van der Waals surface area contributed by atoms with Gasteiger partial charge in [-0.1, -0.05) is 0 Å². The van der Waals surface area contributed by atoms with Gasteiger partial charge in [0.1, 0.15) is 10.8 Å². The summed E-state index contributed by atoms with van der Waals surface area (Å²) in [5.41, 5.74) is -1.57. The van der Waals surface area contributed by atoms with Crippen molar-refractivity contribution in [3.63, 3.8) is 0 Å². The lowest BCUT2D eigenvalue weighted by Gasteiger charge is -2.33. The van der Waals surface area contributed by atoms with Crippen molar-refractivity contribution >= 4 is 23.7 Å². The smallest absolute Gasteiger partial charge is 0.394 e. The molecule has 1 N–H and O–H groups in total. The number of alkyl halides is 3. The number of anilines is 1. The Labute approximate surface area is 233 Å². The van der Waals surface area contributed by atoms with Crippen LogP contribution in [-0.2, 0) is 11.3 Å². The van der Waals surface area contributed by atoms with Gasteiger partial charge in [-0.05, 0) is 57.7 Å². The van der Waals surface area contributed by atoms with Crippen LogP contribution in [0.2, 0.25) is 0 Å². The normalized spacial score (nSPS) is 21.9. The fourth-order valence-electron chi connectivity index (χ4n) is 5.29. The van der Waals surface area contributed by atoms with Crippen molar-refractivity contribution in [1.82, 2.24) is 29.3 Å². The molecule has 0 spiro atoms. The van der Waals surface area contributed by atoms with Crippen molar-refractivity contribution in [3.05, 3.63) is 42.2 Å². The van der Waals surface area contributed by atoms with Crippen molar-refractivity contribution < 1.29 is 27.4 Å². The van der Waals surface area contributed by atoms with E-state index in [1.54, 1.807) is 29.1 Å². The molecular weight excluding hydrogens is 547 g/mol. The summed E-state index contributed by atoms with van der Waals surface area (Å²) in [5.74, 6) is 0.841. The van der Waals surface area contributed by atoms with Gasteiger partial charge < -0.3 is 14.4 Å². The Morgan fingerprint density at radius 1 is 1.18 bits per heavy atom. The Balaban J connectivity index is 1.25. The largest absolute Gasteiger partial charge is 0.477 e. The number of nitrogens with zero attached hydrogens (tertiary/aromatic N) is 6. The second-order valence-corrected chi connectivity index (χ2v) is 11.9. The van der Waals surface area contributed by atoms with Crippen LogP contribution in [0.25, 0.3) is 5.82 Å². The maximum absolute atomic E-state index is 13.3. The van der Waals surface area contributed by atoms with Gasteiger partial charge in [0.15, 0.2) is 5.82 Å². The predicted molar refractivity (Wildman–Crippen MR) is 141 cm³/mol. The number of halogens is 3. The lowest BCUT2D eigenvalue weighted by molar-refractivity contribution is -0.190. The second kappa shape index (κ2) is 9.98. The van der Waals surface area contributed by atoms with E-state index in [1.165, 1.54) is 4.68 Å². The highest BCUT2D eigenvalue weighted by Gasteiger charge is 2.62. The molecule has 4 bridgehead atoms. The summed E-state index contributed by atoms with van der Waals surface area (Å²) in [5, 5.41) is 9.50. The molecule has 1 amide bonds. The summed E-state index contributed by atoms with van der Waals surface area (Å²) >= 11 is 1.13. The van der Waals surface area contributed by atoms with Crippen molar-refractivity contribution in [2.24, 2.45) is 5.41 Å². The molecule has 1 saturated heterocycles. The van der Waals surface area contributed by atoms with Gasteiger partial charge in [0.05, 0.1) is 36.8 Å². The first-order valence-electron chi connectivity index (χ1n) is 13.2. The summed E-state index contributed by atoms with van der Waals surface area (Å²) in [6.07, 6.45) is 0.153. The average Bonchev–Trinajstić information content (AvgIpc) is 3.20. The van der Waals surface area contributed by atoms with Crippen LogP contribution < -0.4 is 14.4 Å². The van der Waals surface area contributed by atoms with E-state index in [2.05, 4.69) is 33.7 Å². The minimum Gasteiger partial charge on any atom is -0.477 e. The lowest BCUT2D eigenvalue weighted by atomic mass is 10.0. The summed E-state index contributed by atoms with van der Waals surface area (Å²) in [6.45, 7) is 5.76. The summed E-state index contributed by atoms with van der Waals surface area (Å²) in [4.78, 5) is 20.3. The van der Waals surface area contributed by atoms with Gasteiger partial charge in [0.2, 0.25) is 5.88 Å². The monoisotopic (exact) mass is 577 g/mol. The molecule has 1 aliphatic carbocycles. The van der Waals surface area contributed by atoms with Crippen molar-refractivity contribution in [2.75, 3.05) is 24.7 Å². The minimum atomic E-state index is -4.21. The van der Waals surface area contributed by atoms with Crippen LogP contribution in [0.5, 0.6) is 5.88 Å². The van der Waals surface area contributed by atoms with E-state index in [1.807, 2.05) is 12.3 Å². The van der Waals surface area contributed by atoms with Crippen LogP contribution >= 0.6 is 11.9 Å². The molecule has 6 rings (SSSR count). The van der Waals surface area contributed by atoms with Gasteiger partial charge in [-0.25, -0.2) is 9.67 Å². The molecule has 10 nitrogen and oxygen atoms in total. The second-order valence-electron chi connectivity index (χ2n) is 11.1. The third-order valence-electron chi connectivity index (χ3n) is 7.83. The fourth-order valence-corrected chi connectivity index (χ4v) is 5.88. The van der Waals surface area contributed by atoms with Crippen LogP contribution in [0, 0.1) is 5.41 Å². The van der Waals surface area contributed by atoms with Crippen molar-refractivity contribution in [2.45, 2.75) is 68.9 Å². The molecule has 14 heteroatoms. The van der Waals surface area contributed by atoms with Crippen LogP contribution in [0.3, 0.4) is 0 Å². The molecule has 5 heterocycles. The van der Waals surface area contributed by atoms with Gasteiger partial charge in [0.25, 0.3) is 5.91 Å². The molecule has 1 unspecified atom stereocenters. The SMILES string of the molecule is CC1(C)CC2CN1c1nc(-n3ccc(OCCC4(C(F)(F)F)CC4)n3)ccc1C(=O)NSc1ccn(n1)CCO2. The standard InChI is InChI=1S/C26H30F3N7O3S/c1-24(2)15-17-16-35(24)22-18(23(37)33-40-21-6-10-34(32-21)12-14-38-17)3-4-19(30-22)36-11-5-20(31-36)39-13-9-25(7-8-25)26(27,28)29/h3-6,10-11,17H,7-9,12-16H2,1-2H3,(H,33,37). The zero-order valence-electron chi connectivity index (χ0n) is 22.1. The summed E-state index contributed by atoms with van der Waals surface area (Å²) in [6, 6.07) is 6.80. The summed E-state index contributed by atoms with van der Waals surface area (Å²) in [7, 11) is 0. The third kappa shape index (κ3) is 5.26. The zero-order chi connectivity index (χ0) is 28.1. The van der Waals surface area contributed by atoms with E-state index in [4.69, 9.17) is 14.5 Å². The van der Waals surface area contributed by atoms with Gasteiger partial charge in [-0.15, -0.1) is 5.10 Å². The van der Waals surface area contributed by atoms with E-state index in [-0.39, 0.29) is 49.3 Å². The van der Waals surface area contributed by atoms with Crippen LogP contribution in [0.15, 0.2) is 41.7 Å². The Hall–Kier alpha value is -3.26. The first-order valence-corrected chi connectivity index (χ1v) is 14.0. The van der Waals surface area contributed by atoms with Gasteiger partial charge in [-0.3, -0.25) is 14.2 Å². The molecular formula is C26H30F3N7O3S. The highest BCUT2D eigenvalue weighted by atomic mass is 32.2. The van der Waals surface area contributed by atoms with Crippen molar-refractivity contribution in [1.29, 1.82) is 0 Å². The first-order chi connectivity index (χ1) is 19.0. The average molecular weight is 578 g/mol. The third-order valence-corrected chi connectivity index (χ3v) is 8.54. The number of nitrogens with one attached hydrogen (secondary N) is 1. The van der Waals surface area contributed by atoms with Gasteiger partial charge in [-0.2, -0.15) is 18.3 Å². The molecule has 1 saturated carbocycles. The number of fused-ring (bicyclic) bond motifs is 6. The molecule has 2 fully saturated rings. The topological polar surface area (TPSA) is 99.3 Å². The molecule has 0 aromatic carbocycles. The maximum Gasteiger partial charge on any atom is 0.394 e. The highest BCUT2D eigenvalue weighted by Crippen LogP contribution is 2.59. The number of ether oxygens (including phenoxy) is 2. The zero-order valence-corrected chi connectivity index (χ0v) is 23.0. The quantitative estimate of drug-likeness (QED) is 0.446. The van der Waals surface area contributed by atoms with Gasteiger partial charge in [0, 0.05) is 42.5 Å². The Kier molecular flexibility index (Phi) is 6.72. The molecule has 3 aromatic rings. The van der Waals surface area contributed by atoms with Crippen molar-refractivity contribution in [3.8, 4) is 11.7 Å². The van der Waals surface area contributed by atoms with Crippen LogP contribution in [0.4, 0.5) is 19.0 Å². The number of amides is 1. The number of rotatable bonds is 5. The molecule has 214 valence electrons. The van der Waals surface area contributed by atoms with E-state index in [0.717, 1.165) is 18.4 Å². The molecule has 1 atom stereocenters. The first kappa shape index (κ1) is 26.9. The van der Waals surface area contributed by atoms with Gasteiger partial charge >= 0.3 is 6.18 Å². The van der Waals surface area contributed by atoms with E-state index in [0.29, 0.717) is 41.9 Å². The number of hydrogen-bond donors (Lipinski definition) is 1. The Bertz CT molecular complexity index is 1400. The number of carbonyl (C=O) groups excluding carboxylic acids is 1. The number of pyridine rings is 1. The predicted octanol–water partition coefficient (Wildman–Crippen LogP) is 4.40. The molecule has 0 radical (unpaired) electrons. The number of carbonyl (C=O) groups is 1. The maximum atomic E-state index is 13.3. The summed E-state index contributed by atoms with van der Waals surface area (Å²) < 4.78 is 57.5. The lowest BCUT2D eigenvalue weighted by Crippen LogP contribution is -2.40. The van der Waals surface area contributed by atoms with Crippen LogP contribution in [0.1, 0.15) is 49.9 Å². The molecule has 3 aromatic heterocycles. The number of hydrogen-bond acceptors (Lipinski definition) is 8. The minimum absolute atomic E-state index is 0.0557. The number of aromatic nitrogens is 5. The molecule has 2 aliphatic heterocycles. The Morgan fingerprint density at radius 2 is 2.00 bits per heavy atom. The molecule has 40 heavy (non-hydrogen) atoms. The fraction of sp³-hybridized carbons (Fsp3) is 0.538. The molecule has 3 aliphatic rings.